The van der Waals surface area contributed by atoms with Crippen LogP contribution in [0.2, 0.25) is 0 Å². The summed E-state index contributed by atoms with van der Waals surface area (Å²) in [7, 11) is 0. The lowest BCUT2D eigenvalue weighted by molar-refractivity contribution is 0.296. The third-order valence-electron chi connectivity index (χ3n) is 5.29. The number of piperidine rings is 1. The van der Waals surface area contributed by atoms with Crippen molar-refractivity contribution >= 4 is 10.9 Å². The second-order valence-electron chi connectivity index (χ2n) is 7.42. The van der Waals surface area contributed by atoms with Crippen LogP contribution in [-0.4, -0.2) is 34.6 Å². The molecule has 0 aliphatic carbocycles. The fourth-order valence-corrected chi connectivity index (χ4v) is 3.62. The third kappa shape index (κ3) is 4.82. The molecule has 0 radical (unpaired) electrons. The molecule has 1 fully saturated rings. The number of ether oxygens (including phenoxy) is 1. The highest BCUT2D eigenvalue weighted by Crippen LogP contribution is 2.15. The molecule has 1 aliphatic heterocycles. The molecule has 8 nitrogen and oxygen atoms in total. The maximum atomic E-state index is 12.5. The summed E-state index contributed by atoms with van der Waals surface area (Å²) in [6.07, 6.45) is 3.99. The molecule has 0 bridgehead atoms. The largest absolute Gasteiger partial charge is 0.486 e. The van der Waals surface area contributed by atoms with E-state index in [9.17, 15) is 4.79 Å². The summed E-state index contributed by atoms with van der Waals surface area (Å²) >= 11 is 0. The molecule has 1 saturated heterocycles. The smallest absolute Gasteiger partial charge is 0.258 e. The van der Waals surface area contributed by atoms with E-state index in [0.29, 0.717) is 40.5 Å². The van der Waals surface area contributed by atoms with Gasteiger partial charge in [-0.05, 0) is 68.7 Å². The molecule has 154 valence electrons. The Balaban J connectivity index is 1.47. The lowest BCUT2D eigenvalue weighted by Gasteiger charge is -2.22. The van der Waals surface area contributed by atoms with E-state index in [1.807, 2.05) is 0 Å². The van der Waals surface area contributed by atoms with Gasteiger partial charge in [0.05, 0.1) is 22.7 Å². The van der Waals surface area contributed by atoms with E-state index in [1.54, 1.807) is 36.5 Å². The summed E-state index contributed by atoms with van der Waals surface area (Å²) in [6, 6.07) is 10.6. The van der Waals surface area contributed by atoms with Crippen LogP contribution in [0.25, 0.3) is 10.9 Å². The summed E-state index contributed by atoms with van der Waals surface area (Å²) in [5, 5.41) is 16.2. The van der Waals surface area contributed by atoms with Gasteiger partial charge in [0.2, 0.25) is 0 Å². The van der Waals surface area contributed by atoms with Gasteiger partial charge in [-0.25, -0.2) is 4.98 Å². The Morgan fingerprint density at radius 2 is 2.00 bits per heavy atom. The first-order valence-corrected chi connectivity index (χ1v) is 10.1. The number of fused-ring (bicyclic) bond motifs is 1. The van der Waals surface area contributed by atoms with Crippen molar-refractivity contribution in [2.45, 2.75) is 26.0 Å². The van der Waals surface area contributed by atoms with Crippen LogP contribution in [0.15, 0.2) is 41.3 Å². The molecule has 1 aliphatic rings. The Morgan fingerprint density at radius 3 is 2.77 bits per heavy atom. The molecule has 1 aromatic carbocycles. The van der Waals surface area contributed by atoms with Gasteiger partial charge in [-0.15, -0.1) is 0 Å². The van der Waals surface area contributed by atoms with Crippen molar-refractivity contribution in [3.63, 3.8) is 0 Å². The molecule has 0 spiro atoms. The predicted molar refractivity (Wildman–Crippen MR) is 113 cm³/mol. The maximum Gasteiger partial charge on any atom is 0.258 e. The maximum absolute atomic E-state index is 12.5. The summed E-state index contributed by atoms with van der Waals surface area (Å²) in [4.78, 5) is 24.4. The van der Waals surface area contributed by atoms with Gasteiger partial charge in [0, 0.05) is 12.7 Å². The topological polar surface area (TPSA) is 116 Å². The van der Waals surface area contributed by atoms with Crippen molar-refractivity contribution in [2.75, 3.05) is 19.6 Å². The Morgan fingerprint density at radius 1 is 1.20 bits per heavy atom. The molecular formula is C22H24N6O2. The zero-order valence-corrected chi connectivity index (χ0v) is 16.6. The predicted octanol–water partition coefficient (Wildman–Crippen LogP) is 1.86. The van der Waals surface area contributed by atoms with Gasteiger partial charge in [-0.1, -0.05) is 0 Å². The van der Waals surface area contributed by atoms with Crippen molar-refractivity contribution in [1.29, 1.82) is 5.26 Å². The molecule has 0 unspecified atom stereocenters. The number of pyridine rings is 1. The highest BCUT2D eigenvalue weighted by atomic mass is 16.5. The van der Waals surface area contributed by atoms with Crippen LogP contribution in [0.1, 0.15) is 29.9 Å². The van der Waals surface area contributed by atoms with Crippen molar-refractivity contribution < 1.29 is 4.74 Å². The molecule has 3 aromatic rings. The Labute approximate surface area is 174 Å². The summed E-state index contributed by atoms with van der Waals surface area (Å²) in [6.45, 7) is 3.75. The number of nitrogens with zero attached hydrogens (tertiary/aromatic N) is 3. The molecule has 4 rings (SSSR count). The number of aromatic amines is 1. The second-order valence-corrected chi connectivity index (χ2v) is 7.42. The molecule has 2 aromatic heterocycles. The van der Waals surface area contributed by atoms with E-state index in [0.717, 1.165) is 25.3 Å². The van der Waals surface area contributed by atoms with Crippen LogP contribution in [-0.2, 0) is 13.2 Å². The molecule has 3 heterocycles. The number of rotatable bonds is 7. The minimum Gasteiger partial charge on any atom is -0.486 e. The fraction of sp³-hybridized carbons (Fsp3) is 0.364. The van der Waals surface area contributed by atoms with Gasteiger partial charge in [-0.2, -0.15) is 5.26 Å². The van der Waals surface area contributed by atoms with Gasteiger partial charge >= 0.3 is 0 Å². The monoisotopic (exact) mass is 404 g/mol. The second kappa shape index (κ2) is 9.48. The van der Waals surface area contributed by atoms with Gasteiger partial charge < -0.3 is 20.4 Å². The highest BCUT2D eigenvalue weighted by molar-refractivity contribution is 5.79. The van der Waals surface area contributed by atoms with E-state index in [1.165, 1.54) is 12.8 Å². The SMILES string of the molecule is N#Cc1ccc(OCc2nc3c(CNCC4CCNCC4)nccc3c(=O)[nH]2)cc1. The molecule has 0 atom stereocenters. The summed E-state index contributed by atoms with van der Waals surface area (Å²) in [5.74, 6) is 1.70. The van der Waals surface area contributed by atoms with Gasteiger partial charge in [0.25, 0.3) is 5.56 Å². The van der Waals surface area contributed by atoms with E-state index < -0.39 is 0 Å². The van der Waals surface area contributed by atoms with Gasteiger partial charge in [0.15, 0.2) is 0 Å². The number of hydrogen-bond acceptors (Lipinski definition) is 7. The Kier molecular flexibility index (Phi) is 6.32. The number of benzene rings is 1. The van der Waals surface area contributed by atoms with E-state index in [2.05, 4.69) is 31.7 Å². The van der Waals surface area contributed by atoms with Crippen molar-refractivity contribution in [3.8, 4) is 11.8 Å². The van der Waals surface area contributed by atoms with Gasteiger partial charge in [-0.3, -0.25) is 9.78 Å². The van der Waals surface area contributed by atoms with Crippen LogP contribution in [0.5, 0.6) is 5.75 Å². The normalized spacial score (nSPS) is 14.5. The molecule has 30 heavy (non-hydrogen) atoms. The molecule has 8 heteroatoms. The van der Waals surface area contributed by atoms with E-state index in [-0.39, 0.29) is 12.2 Å². The summed E-state index contributed by atoms with van der Waals surface area (Å²) in [5.41, 5.74) is 1.71. The molecule has 3 N–H and O–H groups in total. The van der Waals surface area contributed by atoms with Crippen LogP contribution in [0.3, 0.4) is 0 Å². The highest BCUT2D eigenvalue weighted by Gasteiger charge is 2.14. The Hall–Kier alpha value is -3.28. The zero-order valence-electron chi connectivity index (χ0n) is 16.6. The van der Waals surface area contributed by atoms with Crippen molar-refractivity contribution in [2.24, 2.45) is 5.92 Å². The van der Waals surface area contributed by atoms with Crippen LogP contribution in [0, 0.1) is 17.2 Å². The molecular weight excluding hydrogens is 380 g/mol. The lowest BCUT2D eigenvalue weighted by atomic mass is 9.98. The summed E-state index contributed by atoms with van der Waals surface area (Å²) < 4.78 is 5.71. The first kappa shape index (κ1) is 20.0. The fourth-order valence-electron chi connectivity index (χ4n) is 3.62. The van der Waals surface area contributed by atoms with Crippen LogP contribution >= 0.6 is 0 Å². The van der Waals surface area contributed by atoms with Crippen molar-refractivity contribution in [1.82, 2.24) is 25.6 Å². The van der Waals surface area contributed by atoms with Gasteiger partial charge in [0.1, 0.15) is 23.7 Å². The van der Waals surface area contributed by atoms with E-state index >= 15 is 0 Å². The number of H-pyrrole nitrogens is 1. The lowest BCUT2D eigenvalue weighted by Crippen LogP contribution is -2.33. The number of nitrogens with one attached hydrogen (secondary N) is 3. The minimum atomic E-state index is -0.208. The minimum absolute atomic E-state index is 0.119. The third-order valence-corrected chi connectivity index (χ3v) is 5.29. The average molecular weight is 404 g/mol. The zero-order chi connectivity index (χ0) is 20.8. The van der Waals surface area contributed by atoms with E-state index in [4.69, 9.17) is 10.00 Å². The average Bonchev–Trinajstić information content (AvgIpc) is 2.79. The quantitative estimate of drug-likeness (QED) is 0.550. The van der Waals surface area contributed by atoms with Crippen molar-refractivity contribution in [3.05, 3.63) is 64.0 Å². The van der Waals surface area contributed by atoms with Crippen LogP contribution in [0.4, 0.5) is 0 Å². The first-order chi connectivity index (χ1) is 14.7. The van der Waals surface area contributed by atoms with Crippen LogP contribution < -0.4 is 20.9 Å². The number of aromatic nitrogens is 3. The molecule has 0 saturated carbocycles. The first-order valence-electron chi connectivity index (χ1n) is 10.1. The number of hydrogen-bond donors (Lipinski definition) is 3. The Bertz CT molecular complexity index is 1100. The number of nitriles is 1. The standard InChI is InChI=1S/C22H24N6O2/c23-11-15-1-3-17(4-2-15)30-14-20-27-21-18(22(29)28-20)7-10-26-19(21)13-25-12-16-5-8-24-9-6-16/h1-4,7,10,16,24-25H,5-6,8-9,12-14H2,(H,27,28,29). The molecule has 0 amide bonds.